The van der Waals surface area contributed by atoms with Gasteiger partial charge in [0, 0.05) is 31.2 Å². The Morgan fingerprint density at radius 2 is 1.95 bits per heavy atom. The van der Waals surface area contributed by atoms with E-state index in [0.29, 0.717) is 12.0 Å². The molecule has 0 aliphatic carbocycles. The molecule has 118 valence electrons. The van der Waals surface area contributed by atoms with Gasteiger partial charge in [0.25, 0.3) is 0 Å². The molecule has 0 spiro atoms. The third kappa shape index (κ3) is 4.30. The summed E-state index contributed by atoms with van der Waals surface area (Å²) in [7, 11) is 0. The number of hydrogen-bond donors (Lipinski definition) is 2. The van der Waals surface area contributed by atoms with Crippen LogP contribution in [0.2, 0.25) is 0 Å². The van der Waals surface area contributed by atoms with Gasteiger partial charge in [0.05, 0.1) is 6.10 Å². The van der Waals surface area contributed by atoms with Gasteiger partial charge in [0.15, 0.2) is 0 Å². The molecule has 2 heterocycles. The number of rotatable bonds is 7. The summed E-state index contributed by atoms with van der Waals surface area (Å²) in [6, 6.07) is 0. The van der Waals surface area contributed by atoms with Crippen LogP contribution < -0.4 is 10.6 Å². The zero-order chi connectivity index (χ0) is 15.2. The highest BCUT2D eigenvalue weighted by atomic mass is 16.5. The van der Waals surface area contributed by atoms with Crippen molar-refractivity contribution in [2.75, 3.05) is 30.3 Å². The molecule has 1 aliphatic rings. The van der Waals surface area contributed by atoms with Gasteiger partial charge < -0.3 is 15.4 Å². The van der Waals surface area contributed by atoms with Gasteiger partial charge in [-0.05, 0) is 26.2 Å². The number of ether oxygens (including phenoxy) is 1. The van der Waals surface area contributed by atoms with Crippen LogP contribution in [0.25, 0.3) is 0 Å². The lowest BCUT2D eigenvalue weighted by atomic mass is 10.2. The summed E-state index contributed by atoms with van der Waals surface area (Å²) < 4.78 is 5.67. The van der Waals surface area contributed by atoms with Gasteiger partial charge in [-0.1, -0.05) is 20.8 Å². The third-order valence-corrected chi connectivity index (χ3v) is 3.74. The van der Waals surface area contributed by atoms with Crippen LogP contribution in [0.3, 0.4) is 0 Å². The summed E-state index contributed by atoms with van der Waals surface area (Å²) >= 11 is 0. The highest BCUT2D eigenvalue weighted by Gasteiger charge is 2.17. The van der Waals surface area contributed by atoms with Crippen molar-refractivity contribution < 1.29 is 4.74 Å². The first-order chi connectivity index (χ1) is 10.1. The molecule has 1 unspecified atom stereocenters. The Morgan fingerprint density at radius 1 is 1.24 bits per heavy atom. The molecule has 1 aromatic rings. The van der Waals surface area contributed by atoms with Crippen molar-refractivity contribution in [3.63, 3.8) is 0 Å². The Morgan fingerprint density at radius 3 is 2.52 bits per heavy atom. The Kier molecular flexibility index (Phi) is 5.79. The predicted octanol–water partition coefficient (Wildman–Crippen LogP) is 3.32. The first-order valence-corrected chi connectivity index (χ1v) is 8.09. The molecule has 0 radical (unpaired) electrons. The number of anilines is 2. The van der Waals surface area contributed by atoms with Crippen LogP contribution in [0, 0.1) is 6.92 Å². The summed E-state index contributed by atoms with van der Waals surface area (Å²) in [4.78, 5) is 9.34. The van der Waals surface area contributed by atoms with Gasteiger partial charge >= 0.3 is 0 Å². The van der Waals surface area contributed by atoms with Crippen molar-refractivity contribution in [3.05, 3.63) is 11.4 Å². The molecule has 21 heavy (non-hydrogen) atoms. The van der Waals surface area contributed by atoms with E-state index < -0.39 is 0 Å². The molecule has 1 aromatic heterocycles. The van der Waals surface area contributed by atoms with Gasteiger partial charge in [0.2, 0.25) is 0 Å². The molecule has 5 nitrogen and oxygen atoms in total. The van der Waals surface area contributed by atoms with Gasteiger partial charge in [0.1, 0.15) is 17.5 Å². The molecule has 1 aliphatic heterocycles. The maximum Gasteiger partial charge on any atom is 0.135 e. The quantitative estimate of drug-likeness (QED) is 0.807. The molecule has 2 rings (SSSR count). The lowest BCUT2D eigenvalue weighted by Crippen LogP contribution is -2.21. The Labute approximate surface area is 127 Å². The summed E-state index contributed by atoms with van der Waals surface area (Å²) in [5, 5.41) is 6.85. The average molecular weight is 292 g/mol. The standard InChI is InChI=1S/C16H28N4O/c1-5-8-17-15-12(4)16(20-14(19-15)11(2)3)18-10-13-7-6-9-21-13/h11,13H,5-10H2,1-4H3,(H2,17,18,19,20). The van der Waals surface area contributed by atoms with E-state index in [-0.39, 0.29) is 0 Å². The number of nitrogens with one attached hydrogen (secondary N) is 2. The van der Waals surface area contributed by atoms with Crippen molar-refractivity contribution in [1.82, 2.24) is 9.97 Å². The van der Waals surface area contributed by atoms with E-state index in [0.717, 1.165) is 62.0 Å². The van der Waals surface area contributed by atoms with Crippen LogP contribution in [-0.4, -0.2) is 35.8 Å². The third-order valence-electron chi connectivity index (χ3n) is 3.74. The fraction of sp³-hybridized carbons (Fsp3) is 0.750. The van der Waals surface area contributed by atoms with Crippen molar-refractivity contribution >= 4 is 11.6 Å². The molecule has 5 heteroatoms. The van der Waals surface area contributed by atoms with Crippen molar-refractivity contribution in [3.8, 4) is 0 Å². The second-order valence-electron chi connectivity index (χ2n) is 6.00. The van der Waals surface area contributed by atoms with Crippen LogP contribution in [0.5, 0.6) is 0 Å². The minimum absolute atomic E-state index is 0.314. The highest BCUT2D eigenvalue weighted by Crippen LogP contribution is 2.24. The van der Waals surface area contributed by atoms with Crippen molar-refractivity contribution in [2.24, 2.45) is 0 Å². The van der Waals surface area contributed by atoms with E-state index >= 15 is 0 Å². The van der Waals surface area contributed by atoms with Crippen molar-refractivity contribution in [1.29, 1.82) is 0 Å². The van der Waals surface area contributed by atoms with E-state index in [4.69, 9.17) is 4.74 Å². The van der Waals surface area contributed by atoms with Crippen LogP contribution in [0.1, 0.15) is 57.3 Å². The monoisotopic (exact) mass is 292 g/mol. The molecule has 1 saturated heterocycles. The second-order valence-corrected chi connectivity index (χ2v) is 6.00. The number of aromatic nitrogens is 2. The fourth-order valence-corrected chi connectivity index (χ4v) is 2.40. The molecule has 0 aromatic carbocycles. The molecular weight excluding hydrogens is 264 g/mol. The molecule has 1 atom stereocenters. The van der Waals surface area contributed by atoms with Crippen molar-refractivity contribution in [2.45, 2.75) is 59.0 Å². The first-order valence-electron chi connectivity index (χ1n) is 8.09. The minimum Gasteiger partial charge on any atom is -0.376 e. The number of hydrogen-bond acceptors (Lipinski definition) is 5. The van der Waals surface area contributed by atoms with Gasteiger partial charge in [-0.25, -0.2) is 9.97 Å². The Hall–Kier alpha value is -1.36. The van der Waals surface area contributed by atoms with E-state index in [1.165, 1.54) is 0 Å². The molecule has 0 saturated carbocycles. The Balaban J connectivity index is 2.14. The minimum atomic E-state index is 0.314. The zero-order valence-electron chi connectivity index (χ0n) is 13.7. The van der Waals surface area contributed by atoms with E-state index in [2.05, 4.69) is 48.3 Å². The van der Waals surface area contributed by atoms with Crippen LogP contribution >= 0.6 is 0 Å². The van der Waals surface area contributed by atoms with Gasteiger partial charge in [-0.2, -0.15) is 0 Å². The normalized spacial score (nSPS) is 18.2. The van der Waals surface area contributed by atoms with E-state index in [1.54, 1.807) is 0 Å². The average Bonchev–Trinajstić information content (AvgIpc) is 2.98. The lowest BCUT2D eigenvalue weighted by Gasteiger charge is -2.17. The Bertz CT molecular complexity index is 456. The fourth-order valence-electron chi connectivity index (χ4n) is 2.40. The topological polar surface area (TPSA) is 59.1 Å². The summed E-state index contributed by atoms with van der Waals surface area (Å²) in [5.74, 6) is 3.08. The molecule has 2 N–H and O–H groups in total. The molecular formula is C16H28N4O. The molecule has 1 fully saturated rings. The van der Waals surface area contributed by atoms with Crippen LogP contribution in [-0.2, 0) is 4.74 Å². The summed E-state index contributed by atoms with van der Waals surface area (Å²) in [5.41, 5.74) is 1.09. The van der Waals surface area contributed by atoms with Gasteiger partial charge in [-0.15, -0.1) is 0 Å². The maximum absolute atomic E-state index is 5.67. The van der Waals surface area contributed by atoms with E-state index in [9.17, 15) is 0 Å². The van der Waals surface area contributed by atoms with E-state index in [1.807, 2.05) is 0 Å². The maximum atomic E-state index is 5.67. The first kappa shape index (κ1) is 16.0. The SMILES string of the molecule is CCCNc1nc(C(C)C)nc(NCC2CCCO2)c1C. The zero-order valence-corrected chi connectivity index (χ0v) is 13.7. The second kappa shape index (κ2) is 7.59. The summed E-state index contributed by atoms with van der Waals surface area (Å²) in [6.07, 6.45) is 3.69. The van der Waals surface area contributed by atoms with Crippen LogP contribution in [0.15, 0.2) is 0 Å². The largest absolute Gasteiger partial charge is 0.376 e. The van der Waals surface area contributed by atoms with Gasteiger partial charge in [-0.3, -0.25) is 0 Å². The molecule has 0 amide bonds. The highest BCUT2D eigenvalue weighted by molar-refractivity contribution is 5.57. The molecule has 0 bridgehead atoms. The smallest absolute Gasteiger partial charge is 0.135 e. The summed E-state index contributed by atoms with van der Waals surface area (Å²) in [6.45, 7) is 11.1. The number of nitrogens with zero attached hydrogens (tertiary/aromatic N) is 2. The lowest BCUT2D eigenvalue weighted by molar-refractivity contribution is 0.120. The van der Waals surface area contributed by atoms with Crippen LogP contribution in [0.4, 0.5) is 11.6 Å². The predicted molar refractivity (Wildman–Crippen MR) is 87.1 cm³/mol.